The molecule has 140 valence electrons. The Labute approximate surface area is 155 Å². The smallest absolute Gasteiger partial charge is 0.165 e. The summed E-state index contributed by atoms with van der Waals surface area (Å²) in [5.41, 5.74) is 17.6. The molecule has 1 unspecified atom stereocenters. The number of nitrogens with zero attached hydrogens (tertiary/aromatic N) is 1. The maximum absolute atomic E-state index is 6.33. The summed E-state index contributed by atoms with van der Waals surface area (Å²) in [6, 6.07) is 12.9. The number of hydrazine groups is 1. The van der Waals surface area contributed by atoms with E-state index in [1.807, 2.05) is 12.1 Å². The molecule has 1 heterocycles. The van der Waals surface area contributed by atoms with E-state index in [9.17, 15) is 0 Å². The number of hydrogen-bond acceptors (Lipinski definition) is 6. The van der Waals surface area contributed by atoms with E-state index in [-0.39, 0.29) is 5.92 Å². The minimum absolute atomic E-state index is 0.143. The van der Waals surface area contributed by atoms with Crippen LogP contribution in [0, 0.1) is 0 Å². The van der Waals surface area contributed by atoms with Gasteiger partial charge >= 0.3 is 0 Å². The molecule has 1 aromatic carbocycles. The lowest BCUT2D eigenvalue weighted by Crippen LogP contribution is -2.32. The maximum atomic E-state index is 6.33. The molecule has 26 heavy (non-hydrogen) atoms. The summed E-state index contributed by atoms with van der Waals surface area (Å²) in [5.74, 6) is 6.56. The maximum Gasteiger partial charge on any atom is 0.165 e. The third kappa shape index (κ3) is 4.45. The minimum atomic E-state index is 0.143. The number of aromatic nitrogens is 1. The largest absolute Gasteiger partial charge is 0.395 e. The van der Waals surface area contributed by atoms with Crippen LogP contribution in [-0.2, 0) is 0 Å². The van der Waals surface area contributed by atoms with Crippen LogP contribution in [0.15, 0.2) is 36.4 Å². The van der Waals surface area contributed by atoms with Crippen LogP contribution in [0.2, 0.25) is 0 Å². The number of nitrogens with one attached hydrogen (secondary N) is 2. The molecule has 1 fully saturated rings. The van der Waals surface area contributed by atoms with E-state index in [1.54, 1.807) is 0 Å². The number of rotatable bonds is 7. The van der Waals surface area contributed by atoms with Gasteiger partial charge in [0.25, 0.3) is 0 Å². The summed E-state index contributed by atoms with van der Waals surface area (Å²) in [6.45, 7) is 0.942. The molecule has 0 saturated heterocycles. The molecular weight excluding hydrogens is 324 g/mol. The van der Waals surface area contributed by atoms with Gasteiger partial charge in [-0.15, -0.1) is 0 Å². The minimum Gasteiger partial charge on any atom is -0.395 e. The van der Waals surface area contributed by atoms with Crippen LogP contribution >= 0.6 is 0 Å². The highest BCUT2D eigenvalue weighted by Gasteiger charge is 2.21. The zero-order valence-corrected chi connectivity index (χ0v) is 15.2. The summed E-state index contributed by atoms with van der Waals surface area (Å²) in [7, 11) is 0. The van der Waals surface area contributed by atoms with E-state index in [4.69, 9.17) is 17.3 Å². The molecule has 6 heteroatoms. The van der Waals surface area contributed by atoms with Gasteiger partial charge in [0, 0.05) is 12.0 Å². The first-order valence-electron chi connectivity index (χ1n) is 9.50. The van der Waals surface area contributed by atoms with Crippen molar-refractivity contribution in [2.75, 3.05) is 23.4 Å². The molecule has 0 aliphatic heterocycles. The fraction of sp³-hybridized carbons (Fsp3) is 0.450. The van der Waals surface area contributed by atoms with Crippen molar-refractivity contribution in [2.45, 2.75) is 50.5 Å². The first-order valence-corrected chi connectivity index (χ1v) is 9.50. The van der Waals surface area contributed by atoms with Gasteiger partial charge in [0.2, 0.25) is 0 Å². The van der Waals surface area contributed by atoms with Crippen molar-refractivity contribution in [3.63, 3.8) is 0 Å². The van der Waals surface area contributed by atoms with E-state index in [0.717, 1.165) is 18.5 Å². The van der Waals surface area contributed by atoms with E-state index in [2.05, 4.69) is 40.0 Å². The van der Waals surface area contributed by atoms with Gasteiger partial charge in [-0.05, 0) is 43.0 Å². The summed E-state index contributed by atoms with van der Waals surface area (Å²) >= 11 is 0. The predicted molar refractivity (Wildman–Crippen MR) is 109 cm³/mol. The average Bonchev–Trinajstić information content (AvgIpc) is 2.68. The van der Waals surface area contributed by atoms with Crippen LogP contribution in [0.3, 0.4) is 0 Å². The fourth-order valence-electron chi connectivity index (χ4n) is 3.92. The van der Waals surface area contributed by atoms with Gasteiger partial charge in [-0.25, -0.2) is 10.8 Å². The molecule has 8 N–H and O–H groups in total. The first kappa shape index (κ1) is 18.5. The Hall–Kier alpha value is -2.31. The van der Waals surface area contributed by atoms with Crippen molar-refractivity contribution in [1.82, 2.24) is 10.3 Å². The van der Waals surface area contributed by atoms with Gasteiger partial charge in [-0.3, -0.25) is 0 Å². The van der Waals surface area contributed by atoms with Crippen LogP contribution in [0.4, 0.5) is 17.3 Å². The van der Waals surface area contributed by atoms with Gasteiger partial charge < -0.3 is 22.2 Å². The Morgan fingerprint density at radius 3 is 2.50 bits per heavy atom. The molecule has 0 spiro atoms. The highest BCUT2D eigenvalue weighted by atomic mass is 15.3. The van der Waals surface area contributed by atoms with Crippen LogP contribution in [0.1, 0.15) is 55.6 Å². The number of hydrogen-bond donors (Lipinski definition) is 5. The Morgan fingerprint density at radius 1 is 1.08 bits per heavy atom. The topological polar surface area (TPSA) is 115 Å². The summed E-state index contributed by atoms with van der Waals surface area (Å²) in [5, 5.41) is 3.73. The molecule has 1 aliphatic carbocycles. The summed E-state index contributed by atoms with van der Waals surface area (Å²) in [4.78, 5) is 4.18. The Balaban J connectivity index is 1.81. The van der Waals surface area contributed by atoms with Crippen molar-refractivity contribution in [3.8, 4) is 0 Å². The molecule has 0 amide bonds. The fourth-order valence-corrected chi connectivity index (χ4v) is 3.92. The quantitative estimate of drug-likeness (QED) is 0.386. The molecule has 2 aromatic rings. The third-order valence-electron chi connectivity index (χ3n) is 5.30. The second-order valence-electron chi connectivity index (χ2n) is 7.08. The van der Waals surface area contributed by atoms with Crippen molar-refractivity contribution in [3.05, 3.63) is 47.5 Å². The zero-order valence-electron chi connectivity index (χ0n) is 15.2. The van der Waals surface area contributed by atoms with Gasteiger partial charge in [0.15, 0.2) is 5.82 Å². The highest BCUT2D eigenvalue weighted by Crippen LogP contribution is 2.35. The molecule has 1 aliphatic rings. The van der Waals surface area contributed by atoms with Crippen molar-refractivity contribution in [1.29, 1.82) is 0 Å². The van der Waals surface area contributed by atoms with Crippen LogP contribution in [0.5, 0.6) is 0 Å². The van der Waals surface area contributed by atoms with Gasteiger partial charge in [-0.2, -0.15) is 0 Å². The number of anilines is 3. The van der Waals surface area contributed by atoms with Gasteiger partial charge in [-0.1, -0.05) is 49.6 Å². The average molecular weight is 355 g/mol. The Morgan fingerprint density at radius 2 is 1.81 bits per heavy atom. The molecule has 0 bridgehead atoms. The summed E-state index contributed by atoms with van der Waals surface area (Å²) < 4.78 is 0. The normalized spacial score (nSPS) is 16.3. The third-order valence-corrected chi connectivity index (χ3v) is 5.30. The molecule has 1 aromatic heterocycles. The monoisotopic (exact) mass is 354 g/mol. The Bertz CT molecular complexity index is 697. The first-order chi connectivity index (χ1) is 12.7. The van der Waals surface area contributed by atoms with Crippen LogP contribution in [0.25, 0.3) is 0 Å². The van der Waals surface area contributed by atoms with Crippen molar-refractivity contribution < 1.29 is 0 Å². The standard InChI is InChI=1S/C20H30N6/c21-18-13-17(19(22)20(25-18)26-23)16(14-7-3-1-4-8-14)11-12-24-15-9-5-2-6-10-15/h1,3-4,7-8,13,15-16,24H,2,5-6,9-12,22-23H2,(H3,21,25,26). The predicted octanol–water partition coefficient (Wildman–Crippen LogP) is 2.98. The zero-order chi connectivity index (χ0) is 18.4. The van der Waals surface area contributed by atoms with Crippen molar-refractivity contribution >= 4 is 17.3 Å². The molecule has 1 atom stereocenters. The van der Waals surface area contributed by atoms with Crippen LogP contribution in [-0.4, -0.2) is 17.6 Å². The number of pyridine rings is 1. The number of nitrogen functional groups attached to an aromatic ring is 3. The lowest BCUT2D eigenvalue weighted by Gasteiger charge is -2.25. The molecular formula is C20H30N6. The van der Waals surface area contributed by atoms with Crippen LogP contribution < -0.4 is 28.1 Å². The Kier molecular flexibility index (Phi) is 6.30. The van der Waals surface area contributed by atoms with Gasteiger partial charge in [0.1, 0.15) is 5.82 Å². The SMILES string of the molecule is NNc1nc(N)cc(C(CCNC2CCCCC2)c2ccccc2)c1N. The second-order valence-corrected chi connectivity index (χ2v) is 7.08. The van der Waals surface area contributed by atoms with E-state index < -0.39 is 0 Å². The number of nitrogens with two attached hydrogens (primary N) is 3. The molecule has 0 radical (unpaired) electrons. The molecule has 6 nitrogen and oxygen atoms in total. The van der Waals surface area contributed by atoms with E-state index in [1.165, 1.54) is 37.7 Å². The lowest BCUT2D eigenvalue weighted by atomic mass is 9.87. The molecule has 1 saturated carbocycles. The van der Waals surface area contributed by atoms with Gasteiger partial charge in [0.05, 0.1) is 5.69 Å². The van der Waals surface area contributed by atoms with Crippen molar-refractivity contribution in [2.24, 2.45) is 5.84 Å². The second kappa shape index (κ2) is 8.87. The summed E-state index contributed by atoms with van der Waals surface area (Å²) in [6.07, 6.45) is 7.53. The highest BCUT2D eigenvalue weighted by molar-refractivity contribution is 5.70. The van der Waals surface area contributed by atoms with E-state index >= 15 is 0 Å². The number of benzene rings is 1. The lowest BCUT2D eigenvalue weighted by molar-refractivity contribution is 0.370. The van der Waals surface area contributed by atoms with E-state index in [0.29, 0.717) is 23.4 Å². The molecule has 3 rings (SSSR count).